The molecule has 2 amide bonds. The lowest BCUT2D eigenvalue weighted by molar-refractivity contribution is 0.0218. The van der Waals surface area contributed by atoms with Gasteiger partial charge < -0.3 is 19.1 Å². The first-order valence-corrected chi connectivity index (χ1v) is 14.3. The minimum atomic E-state index is -0.591. The maximum atomic E-state index is 14.5. The van der Waals surface area contributed by atoms with Gasteiger partial charge in [-0.1, -0.05) is 18.9 Å². The maximum Gasteiger partial charge on any atom is 0.410 e. The molecular formula is C29H35BrFN5O3. The second-order valence-electron chi connectivity index (χ2n) is 11.4. The van der Waals surface area contributed by atoms with E-state index in [2.05, 4.69) is 43.7 Å². The highest BCUT2D eigenvalue weighted by Gasteiger charge is 2.31. The number of fused-ring (bicyclic) bond motifs is 1. The molecule has 0 spiro atoms. The molecule has 8 nitrogen and oxygen atoms in total. The highest BCUT2D eigenvalue weighted by molar-refractivity contribution is 9.10. The smallest absolute Gasteiger partial charge is 0.410 e. The fourth-order valence-corrected chi connectivity index (χ4v) is 6.11. The van der Waals surface area contributed by atoms with Gasteiger partial charge in [0, 0.05) is 41.9 Å². The average molecular weight is 601 g/mol. The Kier molecular flexibility index (Phi) is 7.59. The van der Waals surface area contributed by atoms with Crippen LogP contribution in [0.1, 0.15) is 69.8 Å². The van der Waals surface area contributed by atoms with E-state index < -0.39 is 17.3 Å². The monoisotopic (exact) mass is 599 g/mol. The Balaban J connectivity index is 1.43. The fourth-order valence-electron chi connectivity index (χ4n) is 5.59. The Labute approximate surface area is 236 Å². The third-order valence-electron chi connectivity index (χ3n) is 7.39. The van der Waals surface area contributed by atoms with E-state index in [0.717, 1.165) is 42.4 Å². The van der Waals surface area contributed by atoms with E-state index in [9.17, 15) is 14.0 Å². The Morgan fingerprint density at radius 3 is 2.54 bits per heavy atom. The number of piperazine rings is 1. The number of nitrogens with one attached hydrogen (secondary N) is 1. The lowest BCUT2D eigenvalue weighted by atomic mass is 10.1. The molecule has 2 aromatic carbocycles. The van der Waals surface area contributed by atoms with Crippen molar-refractivity contribution in [1.29, 1.82) is 0 Å². The molecule has 1 aliphatic heterocycles. The largest absolute Gasteiger partial charge is 0.444 e. The van der Waals surface area contributed by atoms with Crippen LogP contribution in [0.2, 0.25) is 0 Å². The van der Waals surface area contributed by atoms with Crippen molar-refractivity contribution in [1.82, 2.24) is 14.5 Å². The van der Waals surface area contributed by atoms with Gasteiger partial charge in [-0.2, -0.15) is 0 Å². The molecule has 1 atom stereocenters. The number of carbonyl (C=O) groups excluding carboxylic acids is 2. The predicted molar refractivity (Wildman–Crippen MR) is 154 cm³/mol. The summed E-state index contributed by atoms with van der Waals surface area (Å²) in [5, 5.41) is 2.89. The van der Waals surface area contributed by atoms with Crippen LogP contribution in [0.25, 0.3) is 11.0 Å². The van der Waals surface area contributed by atoms with Gasteiger partial charge in [-0.15, -0.1) is 0 Å². The molecule has 0 unspecified atom stereocenters. The maximum absolute atomic E-state index is 14.5. The van der Waals surface area contributed by atoms with Crippen molar-refractivity contribution < 1.29 is 18.7 Å². The molecule has 0 radical (unpaired) electrons. The molecule has 3 aromatic rings. The molecule has 208 valence electrons. The van der Waals surface area contributed by atoms with Gasteiger partial charge in [-0.05, 0) is 86.8 Å². The van der Waals surface area contributed by atoms with Gasteiger partial charge in [-0.3, -0.25) is 10.1 Å². The minimum Gasteiger partial charge on any atom is -0.444 e. The number of anilines is 2. The van der Waals surface area contributed by atoms with Gasteiger partial charge in [0.05, 0.1) is 16.6 Å². The molecular weight excluding hydrogens is 565 g/mol. The first kappa shape index (κ1) is 27.4. The normalized spacial score (nSPS) is 18.6. The summed E-state index contributed by atoms with van der Waals surface area (Å²) in [6.07, 6.45) is 3.92. The molecule has 0 bridgehead atoms. The van der Waals surface area contributed by atoms with Gasteiger partial charge in [0.2, 0.25) is 5.95 Å². The number of aromatic nitrogens is 2. The van der Waals surface area contributed by atoms with E-state index in [1.165, 1.54) is 6.07 Å². The number of benzene rings is 2. The lowest BCUT2D eigenvalue weighted by Gasteiger charge is -2.41. The molecule has 2 aliphatic rings. The van der Waals surface area contributed by atoms with Crippen LogP contribution >= 0.6 is 15.9 Å². The van der Waals surface area contributed by atoms with E-state index >= 15 is 0 Å². The van der Waals surface area contributed by atoms with Crippen molar-refractivity contribution in [3.8, 4) is 0 Å². The van der Waals surface area contributed by atoms with Gasteiger partial charge in [0.25, 0.3) is 5.91 Å². The van der Waals surface area contributed by atoms with Gasteiger partial charge in [0.1, 0.15) is 11.4 Å². The van der Waals surface area contributed by atoms with Gasteiger partial charge in [-0.25, -0.2) is 14.2 Å². The van der Waals surface area contributed by atoms with Crippen LogP contribution in [0.5, 0.6) is 0 Å². The molecule has 1 saturated carbocycles. The SMILES string of the molecule is C[C@@H]1CN(C(=O)OC(C)(C)C)CCN1c1ccc2nc(NC(=O)c3c(F)cccc3Br)n(C3CCCC3)c2c1. The van der Waals surface area contributed by atoms with Crippen LogP contribution in [0.15, 0.2) is 40.9 Å². The van der Waals surface area contributed by atoms with E-state index in [1.807, 2.05) is 32.9 Å². The number of imidazole rings is 1. The summed E-state index contributed by atoms with van der Waals surface area (Å²) in [6, 6.07) is 10.9. The Bertz CT molecular complexity index is 1380. The summed E-state index contributed by atoms with van der Waals surface area (Å²) < 4.78 is 22.6. The van der Waals surface area contributed by atoms with Crippen molar-refractivity contribution in [2.75, 3.05) is 29.9 Å². The van der Waals surface area contributed by atoms with Crippen molar-refractivity contribution >= 4 is 50.6 Å². The highest BCUT2D eigenvalue weighted by Crippen LogP contribution is 2.37. The first-order valence-electron chi connectivity index (χ1n) is 13.5. The van der Waals surface area contributed by atoms with E-state index in [0.29, 0.717) is 30.1 Å². The summed E-state index contributed by atoms with van der Waals surface area (Å²) in [7, 11) is 0. The van der Waals surface area contributed by atoms with E-state index in [-0.39, 0.29) is 23.7 Å². The van der Waals surface area contributed by atoms with Crippen molar-refractivity contribution in [3.05, 3.63) is 52.3 Å². The van der Waals surface area contributed by atoms with Gasteiger partial charge >= 0.3 is 6.09 Å². The Hall–Kier alpha value is -3.14. The number of hydrogen-bond acceptors (Lipinski definition) is 5. The zero-order valence-corrected chi connectivity index (χ0v) is 24.4. The third kappa shape index (κ3) is 5.76. The summed E-state index contributed by atoms with van der Waals surface area (Å²) in [5.74, 6) is -0.703. The highest BCUT2D eigenvalue weighted by atomic mass is 79.9. The van der Waals surface area contributed by atoms with Crippen LogP contribution in [-0.2, 0) is 4.74 Å². The zero-order valence-electron chi connectivity index (χ0n) is 22.8. The molecule has 5 rings (SSSR count). The fraction of sp³-hybridized carbons (Fsp3) is 0.483. The summed E-state index contributed by atoms with van der Waals surface area (Å²) >= 11 is 3.30. The second kappa shape index (κ2) is 10.8. The molecule has 2 heterocycles. The van der Waals surface area contributed by atoms with Crippen LogP contribution < -0.4 is 10.2 Å². The number of nitrogens with zero attached hydrogens (tertiary/aromatic N) is 4. The summed E-state index contributed by atoms with van der Waals surface area (Å²) in [6.45, 7) is 9.53. The number of hydrogen-bond donors (Lipinski definition) is 1. The van der Waals surface area contributed by atoms with E-state index in [4.69, 9.17) is 9.72 Å². The lowest BCUT2D eigenvalue weighted by Crippen LogP contribution is -2.54. The van der Waals surface area contributed by atoms with Crippen molar-refractivity contribution in [2.45, 2.75) is 71.1 Å². The van der Waals surface area contributed by atoms with Crippen LogP contribution in [0, 0.1) is 5.82 Å². The molecule has 1 saturated heterocycles. The average Bonchev–Trinajstić information content (AvgIpc) is 3.49. The number of carbonyl (C=O) groups is 2. The molecule has 2 fully saturated rings. The molecule has 1 aromatic heterocycles. The van der Waals surface area contributed by atoms with Crippen molar-refractivity contribution in [2.24, 2.45) is 0 Å². The third-order valence-corrected chi connectivity index (χ3v) is 8.05. The summed E-state index contributed by atoms with van der Waals surface area (Å²) in [4.78, 5) is 34.6. The quantitative estimate of drug-likeness (QED) is 0.359. The van der Waals surface area contributed by atoms with E-state index in [1.54, 1.807) is 17.0 Å². The zero-order chi connectivity index (χ0) is 27.9. The molecule has 39 heavy (non-hydrogen) atoms. The standard InChI is InChI=1S/C29H35BrFN5O3/c1-18-17-34(28(38)39-29(2,3)4)14-15-35(18)20-12-13-23-24(16-20)36(19-8-5-6-9-19)27(32-23)33-26(37)25-21(30)10-7-11-22(25)31/h7,10-13,16,18-19H,5-6,8-9,14-15,17H2,1-4H3,(H,32,33,37)/t18-/m1/s1. The number of ether oxygens (including phenoxy) is 1. The second-order valence-corrected chi connectivity index (χ2v) is 12.3. The number of rotatable bonds is 4. The number of amides is 2. The van der Waals surface area contributed by atoms with Crippen LogP contribution in [0.3, 0.4) is 0 Å². The van der Waals surface area contributed by atoms with Crippen LogP contribution in [0.4, 0.5) is 20.8 Å². The minimum absolute atomic E-state index is 0.0418. The predicted octanol–water partition coefficient (Wildman–Crippen LogP) is 6.75. The topological polar surface area (TPSA) is 79.7 Å². The molecule has 10 heteroatoms. The Morgan fingerprint density at radius 2 is 1.87 bits per heavy atom. The van der Waals surface area contributed by atoms with Crippen LogP contribution in [-0.4, -0.2) is 57.7 Å². The first-order chi connectivity index (χ1) is 18.5. The summed E-state index contributed by atoms with van der Waals surface area (Å²) in [5.41, 5.74) is 2.17. The Morgan fingerprint density at radius 1 is 1.13 bits per heavy atom. The van der Waals surface area contributed by atoms with Crippen molar-refractivity contribution in [3.63, 3.8) is 0 Å². The van der Waals surface area contributed by atoms with Gasteiger partial charge in [0.15, 0.2) is 0 Å². The number of halogens is 2. The molecule has 1 N–H and O–H groups in total. The molecule has 1 aliphatic carbocycles.